The average Bonchev–Trinajstić information content (AvgIpc) is 2.76. The first kappa shape index (κ1) is 13.8. The van der Waals surface area contributed by atoms with E-state index >= 15 is 0 Å². The monoisotopic (exact) mass is 277 g/mol. The Morgan fingerprint density at radius 3 is 2.80 bits per heavy atom. The highest BCUT2D eigenvalue weighted by molar-refractivity contribution is 5.84. The summed E-state index contributed by atoms with van der Waals surface area (Å²) in [5, 5.41) is 4.11. The molecule has 0 spiro atoms. The Balaban J connectivity index is 2.43. The summed E-state index contributed by atoms with van der Waals surface area (Å²) in [6, 6.07) is 5.14. The zero-order valence-electron chi connectivity index (χ0n) is 11.5. The van der Waals surface area contributed by atoms with Crippen molar-refractivity contribution in [2.45, 2.75) is 6.92 Å². The van der Waals surface area contributed by atoms with Gasteiger partial charge in [0.2, 0.25) is 5.95 Å². The second-order valence-corrected chi connectivity index (χ2v) is 4.00. The lowest BCUT2D eigenvalue weighted by atomic mass is 10.5. The van der Waals surface area contributed by atoms with Crippen molar-refractivity contribution >= 4 is 12.0 Å². The molecule has 0 bridgehead atoms. The molecule has 0 radical (unpaired) electrons. The summed E-state index contributed by atoms with van der Waals surface area (Å²) in [5.41, 5.74) is -0.394. The van der Waals surface area contributed by atoms with Gasteiger partial charge in [-0.1, -0.05) is 6.07 Å². The zero-order chi connectivity index (χ0) is 14.7. The number of hydrogen-bond acceptors (Lipinski definition) is 5. The maximum absolute atomic E-state index is 12.1. The number of carbonyl (C=O) groups excluding carboxylic acids is 1. The van der Waals surface area contributed by atoms with Gasteiger partial charge in [0.15, 0.2) is 5.82 Å². The summed E-state index contributed by atoms with van der Waals surface area (Å²) in [4.78, 5) is 29.0. The molecule has 8 heteroatoms. The van der Waals surface area contributed by atoms with Crippen LogP contribution in [0.25, 0.3) is 5.82 Å². The fourth-order valence-electron chi connectivity index (χ4n) is 1.65. The number of nitrogens with zero attached hydrogens (tertiary/aromatic N) is 5. The van der Waals surface area contributed by atoms with Crippen LogP contribution in [0.1, 0.15) is 6.92 Å². The van der Waals surface area contributed by atoms with Crippen molar-refractivity contribution in [2.24, 2.45) is 7.05 Å². The highest BCUT2D eigenvalue weighted by atomic mass is 16.6. The summed E-state index contributed by atoms with van der Waals surface area (Å²) in [6.07, 6.45) is 0.985. The SMILES string of the molecule is CCOC(=O)N(C)c1nn(-c2ccccn2)c(=O)n1C. The van der Waals surface area contributed by atoms with E-state index in [9.17, 15) is 9.59 Å². The van der Waals surface area contributed by atoms with Gasteiger partial charge in [0, 0.05) is 20.3 Å². The van der Waals surface area contributed by atoms with Gasteiger partial charge in [-0.2, -0.15) is 4.68 Å². The Morgan fingerprint density at radius 2 is 2.20 bits per heavy atom. The highest BCUT2D eigenvalue weighted by Gasteiger charge is 2.20. The summed E-state index contributed by atoms with van der Waals surface area (Å²) in [7, 11) is 3.02. The molecule has 0 aliphatic rings. The predicted octanol–water partition coefficient (Wildman–Crippen LogP) is 0.559. The van der Waals surface area contributed by atoms with Crippen molar-refractivity contribution in [3.05, 3.63) is 34.9 Å². The molecule has 0 aliphatic heterocycles. The molecule has 0 fully saturated rings. The molecule has 0 aliphatic carbocycles. The van der Waals surface area contributed by atoms with E-state index < -0.39 is 11.8 Å². The lowest BCUT2D eigenvalue weighted by molar-refractivity contribution is 0.160. The first-order valence-electron chi connectivity index (χ1n) is 6.04. The van der Waals surface area contributed by atoms with Gasteiger partial charge in [-0.15, -0.1) is 5.10 Å². The topological polar surface area (TPSA) is 82.2 Å². The van der Waals surface area contributed by atoms with Crippen molar-refractivity contribution in [2.75, 3.05) is 18.6 Å². The van der Waals surface area contributed by atoms with Crippen molar-refractivity contribution < 1.29 is 9.53 Å². The molecule has 0 atom stereocenters. The van der Waals surface area contributed by atoms with E-state index in [1.165, 1.54) is 23.6 Å². The van der Waals surface area contributed by atoms with E-state index in [4.69, 9.17) is 4.74 Å². The Labute approximate surface area is 115 Å². The Hall–Kier alpha value is -2.64. The third-order valence-electron chi connectivity index (χ3n) is 2.67. The Kier molecular flexibility index (Phi) is 3.83. The molecule has 0 saturated heterocycles. The largest absolute Gasteiger partial charge is 0.449 e. The maximum atomic E-state index is 12.1. The molecular formula is C12H15N5O3. The van der Waals surface area contributed by atoms with Crippen LogP contribution in [0, 0.1) is 0 Å². The van der Waals surface area contributed by atoms with Gasteiger partial charge in [0.05, 0.1) is 6.61 Å². The molecule has 20 heavy (non-hydrogen) atoms. The maximum Gasteiger partial charge on any atom is 0.416 e. The molecule has 0 N–H and O–H groups in total. The second-order valence-electron chi connectivity index (χ2n) is 4.00. The van der Waals surface area contributed by atoms with Gasteiger partial charge in [-0.05, 0) is 19.1 Å². The molecular weight excluding hydrogens is 262 g/mol. The number of aromatic nitrogens is 4. The smallest absolute Gasteiger partial charge is 0.416 e. The number of carbonyl (C=O) groups is 1. The van der Waals surface area contributed by atoms with Crippen LogP contribution in [0.5, 0.6) is 0 Å². The Bertz CT molecular complexity index is 661. The second kappa shape index (κ2) is 5.55. The van der Waals surface area contributed by atoms with E-state index in [0.29, 0.717) is 5.82 Å². The predicted molar refractivity (Wildman–Crippen MR) is 72.0 cm³/mol. The van der Waals surface area contributed by atoms with Crippen LogP contribution >= 0.6 is 0 Å². The van der Waals surface area contributed by atoms with Gasteiger partial charge < -0.3 is 4.74 Å². The molecule has 1 amide bonds. The fourth-order valence-corrected chi connectivity index (χ4v) is 1.65. The quantitative estimate of drug-likeness (QED) is 0.818. The van der Waals surface area contributed by atoms with E-state index in [0.717, 1.165) is 4.68 Å². The number of rotatable bonds is 3. The summed E-state index contributed by atoms with van der Waals surface area (Å²) in [5.74, 6) is 0.565. The number of pyridine rings is 1. The third kappa shape index (κ3) is 2.40. The minimum Gasteiger partial charge on any atom is -0.449 e. The first-order chi connectivity index (χ1) is 9.56. The molecule has 2 heterocycles. The number of ether oxygens (including phenoxy) is 1. The van der Waals surface area contributed by atoms with Gasteiger partial charge in [-0.3, -0.25) is 4.57 Å². The molecule has 0 saturated carbocycles. The summed E-state index contributed by atoms with van der Waals surface area (Å²) >= 11 is 0. The summed E-state index contributed by atoms with van der Waals surface area (Å²) < 4.78 is 7.26. The van der Waals surface area contributed by atoms with Gasteiger partial charge >= 0.3 is 11.8 Å². The molecule has 2 aromatic rings. The summed E-state index contributed by atoms with van der Waals surface area (Å²) in [6.45, 7) is 1.95. The van der Waals surface area contributed by atoms with E-state index in [-0.39, 0.29) is 12.6 Å². The molecule has 0 aromatic carbocycles. The van der Waals surface area contributed by atoms with Crippen LogP contribution in [0.15, 0.2) is 29.2 Å². The standard InChI is InChI=1S/C12H15N5O3/c1-4-20-12(19)16(3)10-14-17(11(18)15(10)2)9-7-5-6-8-13-9/h5-8H,4H2,1-3H3. The van der Waals surface area contributed by atoms with E-state index in [1.807, 2.05) is 0 Å². The van der Waals surface area contributed by atoms with Crippen molar-refractivity contribution in [3.63, 3.8) is 0 Å². The highest BCUT2D eigenvalue weighted by Crippen LogP contribution is 2.08. The zero-order valence-corrected chi connectivity index (χ0v) is 11.5. The van der Waals surface area contributed by atoms with Crippen LogP contribution in [-0.4, -0.2) is 39.1 Å². The van der Waals surface area contributed by atoms with Crippen LogP contribution < -0.4 is 10.6 Å². The van der Waals surface area contributed by atoms with Crippen LogP contribution in [0.3, 0.4) is 0 Å². The number of hydrogen-bond donors (Lipinski definition) is 0. The van der Waals surface area contributed by atoms with Gasteiger partial charge in [-0.25, -0.2) is 19.5 Å². The minimum absolute atomic E-state index is 0.180. The van der Waals surface area contributed by atoms with Crippen molar-refractivity contribution in [1.29, 1.82) is 0 Å². The van der Waals surface area contributed by atoms with Gasteiger partial charge in [0.25, 0.3) is 0 Å². The minimum atomic E-state index is -0.575. The molecule has 2 aromatic heterocycles. The molecule has 8 nitrogen and oxygen atoms in total. The van der Waals surface area contributed by atoms with E-state index in [1.54, 1.807) is 31.3 Å². The fraction of sp³-hybridized carbons (Fsp3) is 0.333. The van der Waals surface area contributed by atoms with Crippen LogP contribution in [-0.2, 0) is 11.8 Å². The number of anilines is 1. The van der Waals surface area contributed by atoms with Gasteiger partial charge in [0.1, 0.15) is 0 Å². The lowest BCUT2D eigenvalue weighted by Crippen LogP contribution is -2.30. The lowest BCUT2D eigenvalue weighted by Gasteiger charge is -2.13. The Morgan fingerprint density at radius 1 is 1.45 bits per heavy atom. The third-order valence-corrected chi connectivity index (χ3v) is 2.67. The molecule has 2 rings (SSSR count). The average molecular weight is 277 g/mol. The van der Waals surface area contributed by atoms with Crippen molar-refractivity contribution in [1.82, 2.24) is 19.3 Å². The van der Waals surface area contributed by atoms with E-state index in [2.05, 4.69) is 10.1 Å². The molecule has 106 valence electrons. The van der Waals surface area contributed by atoms with Crippen LogP contribution in [0.4, 0.5) is 10.7 Å². The molecule has 0 unspecified atom stereocenters. The van der Waals surface area contributed by atoms with Crippen molar-refractivity contribution in [3.8, 4) is 5.82 Å². The normalized spacial score (nSPS) is 10.3. The first-order valence-corrected chi connectivity index (χ1v) is 6.04. The number of amides is 1. The van der Waals surface area contributed by atoms with Crippen LogP contribution in [0.2, 0.25) is 0 Å².